The zero-order valence-electron chi connectivity index (χ0n) is 17.9. The lowest BCUT2D eigenvalue weighted by molar-refractivity contribution is 0.0520. The van der Waals surface area contributed by atoms with E-state index in [0.717, 1.165) is 20.9 Å². The summed E-state index contributed by atoms with van der Waals surface area (Å²) in [7, 11) is 1.63. The number of carbonyl (C=O) groups excluding carboxylic acids is 1. The summed E-state index contributed by atoms with van der Waals surface area (Å²) in [5.41, 5.74) is 2.11. The van der Waals surface area contributed by atoms with E-state index in [9.17, 15) is 4.79 Å². The van der Waals surface area contributed by atoms with Crippen LogP contribution in [0.2, 0.25) is 0 Å². The van der Waals surface area contributed by atoms with Crippen molar-refractivity contribution in [1.82, 2.24) is 20.2 Å². The number of carbonyl (C=O) groups is 1. The van der Waals surface area contributed by atoms with E-state index in [2.05, 4.69) is 25.5 Å². The molecule has 3 heterocycles. The van der Waals surface area contributed by atoms with E-state index < -0.39 is 5.97 Å². The molecule has 0 aliphatic carbocycles. The minimum absolute atomic E-state index is 0.271. The summed E-state index contributed by atoms with van der Waals surface area (Å²) in [4.78, 5) is 22.9. The largest absolute Gasteiger partial charge is 0.461 e. The number of esters is 1. The predicted molar refractivity (Wildman–Crippen MR) is 127 cm³/mol. The fraction of sp³-hybridized carbons (Fsp3) is 0.286. The molecule has 0 aliphatic heterocycles. The molecule has 3 aromatic heterocycles. The van der Waals surface area contributed by atoms with Gasteiger partial charge in [0.05, 0.1) is 30.0 Å². The molecule has 0 saturated heterocycles. The minimum Gasteiger partial charge on any atom is -0.461 e. The molecule has 0 spiro atoms. The maximum absolute atomic E-state index is 12.0. The maximum atomic E-state index is 12.0. The molecule has 166 valence electrons. The maximum Gasteiger partial charge on any atom is 0.357 e. The van der Waals surface area contributed by atoms with Gasteiger partial charge in [0.25, 0.3) is 0 Å². The van der Waals surface area contributed by atoms with E-state index in [1.165, 1.54) is 11.3 Å². The van der Waals surface area contributed by atoms with Gasteiger partial charge < -0.3 is 14.8 Å². The van der Waals surface area contributed by atoms with Gasteiger partial charge in [0.1, 0.15) is 0 Å². The van der Waals surface area contributed by atoms with Crippen LogP contribution in [0.3, 0.4) is 0 Å². The van der Waals surface area contributed by atoms with E-state index in [0.29, 0.717) is 36.5 Å². The zero-order chi connectivity index (χ0) is 22.5. The number of hydrogen-bond acceptors (Lipinski definition) is 11. The highest BCUT2D eigenvalue weighted by atomic mass is 32.1. The second-order valence-corrected chi connectivity index (χ2v) is 8.59. The Morgan fingerprint density at radius 1 is 1.22 bits per heavy atom. The van der Waals surface area contributed by atoms with Crippen molar-refractivity contribution in [3.05, 3.63) is 47.0 Å². The Labute approximate surface area is 193 Å². The molecule has 0 bridgehead atoms. The highest BCUT2D eigenvalue weighted by Gasteiger charge is 2.20. The number of ether oxygens (including phenoxy) is 2. The van der Waals surface area contributed by atoms with Gasteiger partial charge in [0.15, 0.2) is 27.6 Å². The second kappa shape index (κ2) is 9.98. The predicted octanol–water partition coefficient (Wildman–Crippen LogP) is 4.56. The van der Waals surface area contributed by atoms with Crippen LogP contribution in [0, 0.1) is 6.92 Å². The number of aryl methyl sites for hydroxylation is 1. The van der Waals surface area contributed by atoms with Gasteiger partial charge in [0, 0.05) is 12.5 Å². The summed E-state index contributed by atoms with van der Waals surface area (Å²) >= 11 is 2.90. The smallest absolute Gasteiger partial charge is 0.357 e. The fourth-order valence-electron chi connectivity index (χ4n) is 2.93. The molecule has 0 aliphatic rings. The number of nitrogens with zero attached hydrogens (tertiary/aromatic N) is 5. The summed E-state index contributed by atoms with van der Waals surface area (Å²) in [6.07, 6.45) is 0. The van der Waals surface area contributed by atoms with Gasteiger partial charge in [-0.2, -0.15) is 0 Å². The molecule has 0 fully saturated rings. The van der Waals surface area contributed by atoms with Crippen molar-refractivity contribution in [1.29, 1.82) is 0 Å². The van der Waals surface area contributed by atoms with Crippen LogP contribution in [0.25, 0.3) is 10.2 Å². The first-order valence-electron chi connectivity index (χ1n) is 9.95. The standard InChI is InChI=1S/C21H22N6O3S2/c1-4-30-19(28)15-12-31-21(23-15)27(9-10-29-3)17-11-13(2)18(26-25-17)24-20-22-14-7-5-6-8-16(14)32-20/h5-8,11-12H,4,9-10H2,1-3H3,(H,22,24,26). The van der Waals surface area contributed by atoms with Crippen molar-refractivity contribution in [2.45, 2.75) is 13.8 Å². The lowest BCUT2D eigenvalue weighted by atomic mass is 10.3. The SMILES string of the molecule is CCOC(=O)c1csc(N(CCOC)c2cc(C)c(Nc3nc4ccccc4s3)nn2)n1. The molecule has 11 heteroatoms. The van der Waals surface area contributed by atoms with Crippen LogP contribution >= 0.6 is 22.7 Å². The van der Waals surface area contributed by atoms with Crippen LogP contribution in [-0.4, -0.2) is 53.0 Å². The molecule has 4 aromatic rings. The number of nitrogens with one attached hydrogen (secondary N) is 1. The number of para-hydroxylation sites is 1. The monoisotopic (exact) mass is 470 g/mol. The van der Waals surface area contributed by atoms with E-state index in [-0.39, 0.29) is 5.69 Å². The third kappa shape index (κ3) is 4.85. The van der Waals surface area contributed by atoms with Crippen LogP contribution in [0.5, 0.6) is 0 Å². The molecule has 0 atom stereocenters. The lowest BCUT2D eigenvalue weighted by Gasteiger charge is -2.20. The summed E-state index contributed by atoms with van der Waals surface area (Å²) < 4.78 is 11.4. The Balaban J connectivity index is 1.58. The van der Waals surface area contributed by atoms with Crippen molar-refractivity contribution in [2.24, 2.45) is 0 Å². The highest BCUT2D eigenvalue weighted by Crippen LogP contribution is 2.31. The number of aromatic nitrogens is 4. The van der Waals surface area contributed by atoms with Crippen molar-refractivity contribution >= 4 is 60.8 Å². The topological polar surface area (TPSA) is 102 Å². The van der Waals surface area contributed by atoms with Crippen LogP contribution < -0.4 is 10.2 Å². The molecule has 1 N–H and O–H groups in total. The summed E-state index contributed by atoms with van der Waals surface area (Å²) in [5.74, 6) is 0.796. The Bertz CT molecular complexity index is 1190. The first kappa shape index (κ1) is 22.1. The van der Waals surface area contributed by atoms with Gasteiger partial charge in [-0.1, -0.05) is 23.5 Å². The van der Waals surface area contributed by atoms with Gasteiger partial charge in [0.2, 0.25) is 0 Å². The van der Waals surface area contributed by atoms with Crippen molar-refractivity contribution in [2.75, 3.05) is 37.1 Å². The van der Waals surface area contributed by atoms with Crippen molar-refractivity contribution in [3.8, 4) is 0 Å². The number of rotatable bonds is 9. The minimum atomic E-state index is -0.445. The van der Waals surface area contributed by atoms with E-state index in [4.69, 9.17) is 9.47 Å². The van der Waals surface area contributed by atoms with Crippen molar-refractivity contribution < 1.29 is 14.3 Å². The van der Waals surface area contributed by atoms with Gasteiger partial charge in [-0.3, -0.25) is 4.90 Å². The molecular formula is C21H22N6O3S2. The zero-order valence-corrected chi connectivity index (χ0v) is 19.5. The molecule has 0 saturated carbocycles. The Morgan fingerprint density at radius 3 is 2.81 bits per heavy atom. The van der Waals surface area contributed by atoms with Crippen LogP contribution in [0.1, 0.15) is 23.0 Å². The number of fused-ring (bicyclic) bond motifs is 1. The molecule has 9 nitrogen and oxygen atoms in total. The Kier molecular flexibility index (Phi) is 6.88. The van der Waals surface area contributed by atoms with Gasteiger partial charge in [-0.05, 0) is 37.6 Å². The molecule has 0 radical (unpaired) electrons. The molecule has 1 aromatic carbocycles. The summed E-state index contributed by atoms with van der Waals surface area (Å²) in [5, 5.41) is 15.1. The number of hydrogen-bond donors (Lipinski definition) is 1. The fourth-order valence-corrected chi connectivity index (χ4v) is 4.63. The molecule has 32 heavy (non-hydrogen) atoms. The van der Waals surface area contributed by atoms with E-state index in [1.807, 2.05) is 42.2 Å². The van der Waals surface area contributed by atoms with Crippen LogP contribution in [0.15, 0.2) is 35.7 Å². The van der Waals surface area contributed by atoms with E-state index >= 15 is 0 Å². The second-order valence-electron chi connectivity index (χ2n) is 6.73. The Hall–Kier alpha value is -3.15. The third-order valence-corrected chi connectivity index (χ3v) is 6.31. The molecule has 0 amide bonds. The first-order chi connectivity index (χ1) is 15.6. The highest BCUT2D eigenvalue weighted by molar-refractivity contribution is 7.22. The summed E-state index contributed by atoms with van der Waals surface area (Å²) in [6, 6.07) is 9.89. The average Bonchev–Trinajstić information content (AvgIpc) is 3.43. The van der Waals surface area contributed by atoms with E-state index in [1.54, 1.807) is 30.8 Å². The lowest BCUT2D eigenvalue weighted by Crippen LogP contribution is -2.23. The molecule has 4 rings (SSSR count). The van der Waals surface area contributed by atoms with Gasteiger partial charge in [-0.25, -0.2) is 14.8 Å². The Morgan fingerprint density at radius 2 is 2.06 bits per heavy atom. The number of methoxy groups -OCH3 is 1. The van der Waals surface area contributed by atoms with Crippen LogP contribution in [-0.2, 0) is 9.47 Å². The average molecular weight is 471 g/mol. The quantitative estimate of drug-likeness (QED) is 0.353. The van der Waals surface area contributed by atoms with Crippen molar-refractivity contribution in [3.63, 3.8) is 0 Å². The normalized spacial score (nSPS) is 11.0. The first-order valence-corrected chi connectivity index (χ1v) is 11.6. The number of thiazole rings is 2. The van der Waals surface area contributed by atoms with Gasteiger partial charge >= 0.3 is 5.97 Å². The molecular weight excluding hydrogens is 448 g/mol. The third-order valence-electron chi connectivity index (χ3n) is 4.49. The number of benzene rings is 1. The summed E-state index contributed by atoms with van der Waals surface area (Å²) in [6.45, 7) is 4.98. The van der Waals surface area contributed by atoms with Crippen LogP contribution in [0.4, 0.5) is 21.9 Å². The number of anilines is 4. The van der Waals surface area contributed by atoms with Gasteiger partial charge in [-0.15, -0.1) is 21.5 Å². The molecule has 0 unspecified atom stereocenters.